The van der Waals surface area contributed by atoms with Gasteiger partial charge in [0, 0.05) is 18.5 Å². The Labute approximate surface area is 89.3 Å². The van der Waals surface area contributed by atoms with Crippen LogP contribution in [0, 0.1) is 0 Å². The van der Waals surface area contributed by atoms with Gasteiger partial charge in [-0.25, -0.2) is 4.98 Å². The Hall–Kier alpha value is -0.560. The van der Waals surface area contributed by atoms with Gasteiger partial charge in [-0.15, -0.1) is 0 Å². The molecule has 0 fully saturated rings. The Morgan fingerprint density at radius 2 is 2.36 bits per heavy atom. The van der Waals surface area contributed by atoms with Crippen LogP contribution in [0.1, 0.15) is 42.6 Å². The summed E-state index contributed by atoms with van der Waals surface area (Å²) in [6, 6.07) is -2.07. The Morgan fingerprint density at radius 1 is 1.64 bits per heavy atom. The van der Waals surface area contributed by atoms with Crippen molar-refractivity contribution in [2.75, 3.05) is 0 Å². The third-order valence-electron chi connectivity index (χ3n) is 0.938. The molecule has 0 unspecified atom stereocenters. The van der Waals surface area contributed by atoms with Crippen LogP contribution in [-0.4, -0.2) is 4.98 Å². The predicted octanol–water partition coefficient (Wildman–Crippen LogP) is 3.03. The zero-order chi connectivity index (χ0) is 18.6. The highest BCUT2D eigenvalue weighted by Crippen LogP contribution is 2.22. The molecule has 60 valence electrons. The molecule has 0 saturated heterocycles. The topological polar surface area (TPSA) is 12.9 Å². The molecule has 1 rings (SSSR count). The van der Waals surface area contributed by atoms with Crippen LogP contribution in [0.15, 0.2) is 18.3 Å². The second-order valence-electron chi connectivity index (χ2n) is 1.89. The smallest absolute Gasteiger partial charge is 0.129 e. The van der Waals surface area contributed by atoms with Crippen LogP contribution >= 0.6 is 11.6 Å². The molecule has 0 aliphatic rings. The van der Waals surface area contributed by atoms with Gasteiger partial charge in [0.2, 0.25) is 0 Å². The quantitative estimate of drug-likeness (QED) is 0.561. The molecule has 2 heteroatoms. The lowest BCUT2D eigenvalue weighted by Crippen LogP contribution is -2.10. The molecule has 1 aromatic rings. The normalized spacial score (nSPS) is 31.0. The van der Waals surface area contributed by atoms with E-state index in [0.717, 1.165) is 0 Å². The molecule has 0 atom stereocenters. The minimum atomic E-state index is -3.63. The minimum Gasteiger partial charge on any atom is -0.245 e. The van der Waals surface area contributed by atoms with Crippen LogP contribution in [0.3, 0.4) is 0 Å². The lowest BCUT2D eigenvalue weighted by Gasteiger charge is -2.18. The lowest BCUT2D eigenvalue weighted by molar-refractivity contribution is 0.589. The average molecular weight is 182 g/mol. The summed E-state index contributed by atoms with van der Waals surface area (Å²) in [4.78, 5) is 3.30. The summed E-state index contributed by atoms with van der Waals surface area (Å²) in [5, 5.41) is -0.747. The fourth-order valence-electron chi connectivity index (χ4n) is 0.483. The SMILES string of the molecule is [2H]c1nc(Cl)c([2H])c(C(C([2H])([2H])[2H])(C([2H])([2H])[2H])C([2H])([2H])[2H])c1[2H]. The van der Waals surface area contributed by atoms with Gasteiger partial charge in [-0.2, -0.15) is 0 Å². The largest absolute Gasteiger partial charge is 0.245 e. The first-order valence-electron chi connectivity index (χ1n) is 8.64. The Morgan fingerprint density at radius 3 is 3.00 bits per heavy atom. The molecule has 0 saturated carbocycles. The van der Waals surface area contributed by atoms with E-state index in [9.17, 15) is 0 Å². The highest BCUT2D eigenvalue weighted by Gasteiger charge is 2.13. The van der Waals surface area contributed by atoms with Crippen molar-refractivity contribution in [3.8, 4) is 0 Å². The lowest BCUT2D eigenvalue weighted by atomic mass is 9.88. The monoisotopic (exact) mass is 181 g/mol. The number of nitrogens with zero attached hydrogens (tertiary/aromatic N) is 1. The predicted molar refractivity (Wildman–Crippen MR) is 47.9 cm³/mol. The van der Waals surface area contributed by atoms with E-state index in [1.54, 1.807) is 0 Å². The molecule has 0 N–H and O–H groups in total. The molecular weight excluding hydrogens is 158 g/mol. The fourth-order valence-corrected chi connectivity index (χ4v) is 0.620. The standard InChI is InChI=1S/C9H12ClN/c1-9(2,3)7-4-5-11-8(10)6-7/h4-6H,1-3H3/i1D3,2D3,3D3,4D,5D,6D. The third-order valence-corrected chi connectivity index (χ3v) is 1.12. The molecular formula is C9H12ClN. The average Bonchev–Trinajstić information content (AvgIpc) is 2.26. The van der Waals surface area contributed by atoms with Crippen molar-refractivity contribution in [1.82, 2.24) is 4.98 Å². The maximum absolute atomic E-state index is 7.78. The highest BCUT2D eigenvalue weighted by atomic mass is 35.5. The molecule has 0 radical (unpaired) electrons. The molecule has 11 heavy (non-hydrogen) atoms. The van der Waals surface area contributed by atoms with Gasteiger partial charge in [-0.3, -0.25) is 0 Å². The number of hydrogen-bond acceptors (Lipinski definition) is 1. The van der Waals surface area contributed by atoms with E-state index in [1.165, 1.54) is 0 Å². The molecule has 1 nitrogen and oxygen atoms in total. The second kappa shape index (κ2) is 2.82. The van der Waals surface area contributed by atoms with Crippen LogP contribution < -0.4 is 0 Å². The van der Waals surface area contributed by atoms with E-state index in [4.69, 9.17) is 28.1 Å². The minimum absolute atomic E-state index is 0.747. The molecule has 0 aromatic carbocycles. The van der Waals surface area contributed by atoms with Crippen LogP contribution in [0.25, 0.3) is 0 Å². The van der Waals surface area contributed by atoms with E-state index in [-0.39, 0.29) is 0 Å². The third kappa shape index (κ3) is 2.19. The summed E-state index contributed by atoms with van der Waals surface area (Å²) in [5.41, 5.74) is -4.70. The number of pyridine rings is 1. The van der Waals surface area contributed by atoms with Gasteiger partial charge in [0.05, 0.1) is 4.11 Å². The molecule has 1 heterocycles. The van der Waals surface area contributed by atoms with Crippen molar-refractivity contribution < 1.29 is 16.4 Å². The van der Waals surface area contributed by atoms with Crippen molar-refractivity contribution in [3.63, 3.8) is 0 Å². The molecule has 0 aliphatic carbocycles. The second-order valence-corrected chi connectivity index (χ2v) is 2.25. The Kier molecular flexibility index (Phi) is 0.474. The van der Waals surface area contributed by atoms with E-state index in [0.29, 0.717) is 0 Å². The van der Waals surface area contributed by atoms with E-state index < -0.39 is 54.9 Å². The number of rotatable bonds is 0. The summed E-state index contributed by atoms with van der Waals surface area (Å²) < 4.78 is 90.9. The summed E-state index contributed by atoms with van der Waals surface area (Å²) in [7, 11) is 0. The first kappa shape index (κ1) is 1.85. The molecule has 0 bridgehead atoms. The zero-order valence-electron chi connectivity index (χ0n) is 17.3. The molecule has 0 spiro atoms. The van der Waals surface area contributed by atoms with Crippen molar-refractivity contribution in [2.24, 2.45) is 0 Å². The summed E-state index contributed by atoms with van der Waals surface area (Å²) in [6.45, 7) is -10.9. The van der Waals surface area contributed by atoms with Crippen LogP contribution in [-0.2, 0) is 5.41 Å². The maximum atomic E-state index is 7.78. The number of aromatic nitrogens is 1. The highest BCUT2D eigenvalue weighted by molar-refractivity contribution is 6.29. The zero-order valence-corrected chi connectivity index (χ0v) is 6.08. The van der Waals surface area contributed by atoms with Gasteiger partial charge in [-0.05, 0) is 23.1 Å². The Bertz CT molecular complexity index is 551. The maximum Gasteiger partial charge on any atom is 0.129 e. The van der Waals surface area contributed by atoms with Gasteiger partial charge in [0.15, 0.2) is 0 Å². The van der Waals surface area contributed by atoms with Gasteiger partial charge in [0.1, 0.15) is 5.15 Å². The van der Waals surface area contributed by atoms with Gasteiger partial charge in [-0.1, -0.05) is 32.2 Å². The number of halogens is 1. The van der Waals surface area contributed by atoms with Crippen LogP contribution in [0.2, 0.25) is 5.15 Å². The fraction of sp³-hybridized carbons (Fsp3) is 0.444. The first-order valence-corrected chi connectivity index (χ1v) is 3.01. The Balaban J connectivity index is 4.20. The van der Waals surface area contributed by atoms with E-state index in [2.05, 4.69) is 4.98 Å². The van der Waals surface area contributed by atoms with Crippen molar-refractivity contribution >= 4 is 11.6 Å². The summed E-state index contributed by atoms with van der Waals surface area (Å²) in [6.07, 6.45) is -0.914. The van der Waals surface area contributed by atoms with Crippen LogP contribution in [0.5, 0.6) is 0 Å². The molecule has 1 aromatic heterocycles. The van der Waals surface area contributed by atoms with Crippen LogP contribution in [0.4, 0.5) is 0 Å². The van der Waals surface area contributed by atoms with Gasteiger partial charge in [0.25, 0.3) is 0 Å². The van der Waals surface area contributed by atoms with Crippen molar-refractivity contribution in [3.05, 3.63) is 29.0 Å². The van der Waals surface area contributed by atoms with Gasteiger partial charge >= 0.3 is 0 Å². The molecule has 0 aliphatic heterocycles. The summed E-state index contributed by atoms with van der Waals surface area (Å²) in [5.74, 6) is 0. The van der Waals surface area contributed by atoms with Crippen molar-refractivity contribution in [2.45, 2.75) is 26.0 Å². The summed E-state index contributed by atoms with van der Waals surface area (Å²) >= 11 is 5.59. The van der Waals surface area contributed by atoms with E-state index in [1.807, 2.05) is 0 Å². The molecule has 0 amide bonds. The van der Waals surface area contributed by atoms with Gasteiger partial charge < -0.3 is 0 Å². The first-order chi connectivity index (χ1) is 10.00. The van der Waals surface area contributed by atoms with E-state index >= 15 is 0 Å². The number of hydrogen-bond donors (Lipinski definition) is 0. The van der Waals surface area contributed by atoms with Crippen molar-refractivity contribution in [1.29, 1.82) is 0 Å².